The van der Waals surface area contributed by atoms with Gasteiger partial charge in [-0.2, -0.15) is 23.7 Å². The number of amides is 1. The number of aromatic nitrogens is 2. The average molecular weight is 513 g/mol. The lowest BCUT2D eigenvalue weighted by molar-refractivity contribution is -0.198. The second kappa shape index (κ2) is 11.5. The van der Waals surface area contributed by atoms with Crippen LogP contribution in [0.3, 0.4) is 0 Å². The molecule has 1 atom stereocenters. The maximum Gasteiger partial charge on any atom is 0.416 e. The van der Waals surface area contributed by atoms with Crippen LogP contribution in [0.1, 0.15) is 27.2 Å². The molecule has 36 heavy (non-hydrogen) atoms. The molecule has 2 heterocycles. The van der Waals surface area contributed by atoms with Crippen molar-refractivity contribution < 1.29 is 23.1 Å². The van der Waals surface area contributed by atoms with Gasteiger partial charge in [0.25, 0.3) is 5.91 Å². The van der Waals surface area contributed by atoms with Crippen LogP contribution < -0.4 is 10.6 Å². The van der Waals surface area contributed by atoms with Gasteiger partial charge in [0.15, 0.2) is 6.10 Å². The molecule has 2 aromatic heterocycles. The van der Waals surface area contributed by atoms with E-state index in [-0.39, 0.29) is 44.9 Å². The molecule has 1 amide bonds. The minimum absolute atomic E-state index is 0.0743. The van der Waals surface area contributed by atoms with Crippen molar-refractivity contribution in [2.45, 2.75) is 23.1 Å². The Labute approximate surface area is 208 Å². The number of carbonyl (C=O) groups excluding carboxylic acids is 1. The summed E-state index contributed by atoms with van der Waals surface area (Å²) < 4.78 is 38.5. The van der Waals surface area contributed by atoms with Crippen LogP contribution in [0.5, 0.6) is 0 Å². The Bertz CT molecular complexity index is 1340. The van der Waals surface area contributed by atoms with E-state index in [2.05, 4.69) is 26.7 Å². The molecule has 1 aromatic carbocycles. The number of hydrogen-bond donors (Lipinski definition) is 3. The molecule has 0 saturated carbocycles. The van der Waals surface area contributed by atoms with E-state index in [1.165, 1.54) is 13.2 Å². The lowest BCUT2D eigenvalue weighted by Gasteiger charge is -2.19. The standard InChI is InChI=1S/C24H19F3N6O2S/c1-30-22(35)18-9-14(7-8-31-18)13-36-23-17(11-29)20(15-5-3-2-4-6-15)16(10-28)21(33-23)32-12-19(34)24(25,26)27/h2-9,19,34H,12-13H2,1H3,(H,30,35)(H,32,33). The van der Waals surface area contributed by atoms with Gasteiger partial charge in [-0.25, -0.2) is 4.98 Å². The molecule has 0 saturated heterocycles. The fraction of sp³-hybridized carbons (Fsp3) is 0.208. The summed E-state index contributed by atoms with van der Waals surface area (Å²) in [7, 11) is 1.47. The zero-order valence-corrected chi connectivity index (χ0v) is 19.6. The van der Waals surface area contributed by atoms with Crippen molar-refractivity contribution in [2.75, 3.05) is 18.9 Å². The van der Waals surface area contributed by atoms with Gasteiger partial charge in [-0.1, -0.05) is 30.3 Å². The predicted molar refractivity (Wildman–Crippen MR) is 127 cm³/mol. The molecule has 12 heteroatoms. The first-order valence-corrected chi connectivity index (χ1v) is 11.4. The number of thioether (sulfide) groups is 1. The Morgan fingerprint density at radius 1 is 1.17 bits per heavy atom. The van der Waals surface area contributed by atoms with Crippen molar-refractivity contribution in [2.24, 2.45) is 0 Å². The molecule has 3 aromatic rings. The third-order valence-corrected chi connectivity index (χ3v) is 6.00. The van der Waals surface area contributed by atoms with E-state index in [0.717, 1.165) is 11.8 Å². The Hall–Kier alpha value is -4.13. The molecule has 0 radical (unpaired) electrons. The number of alkyl halides is 3. The Morgan fingerprint density at radius 2 is 1.86 bits per heavy atom. The van der Waals surface area contributed by atoms with Crippen molar-refractivity contribution in [3.05, 3.63) is 71.0 Å². The van der Waals surface area contributed by atoms with Gasteiger partial charge in [-0.15, -0.1) is 11.8 Å². The smallest absolute Gasteiger partial charge is 0.382 e. The Balaban J connectivity index is 2.07. The normalized spacial score (nSPS) is 11.8. The highest BCUT2D eigenvalue weighted by Gasteiger charge is 2.38. The second-order valence-corrected chi connectivity index (χ2v) is 8.30. The summed E-state index contributed by atoms with van der Waals surface area (Å²) in [4.78, 5) is 20.2. The van der Waals surface area contributed by atoms with Crippen LogP contribution in [-0.2, 0) is 5.75 Å². The third kappa shape index (κ3) is 6.10. The molecule has 0 fully saturated rings. The number of benzene rings is 1. The molecular weight excluding hydrogens is 493 g/mol. The van der Waals surface area contributed by atoms with Crippen molar-refractivity contribution in [1.82, 2.24) is 15.3 Å². The molecule has 8 nitrogen and oxygen atoms in total. The SMILES string of the molecule is CNC(=O)c1cc(CSc2nc(NCC(O)C(F)(F)F)c(C#N)c(-c3ccccc3)c2C#N)ccn1. The maximum atomic E-state index is 12.8. The number of nitrogens with one attached hydrogen (secondary N) is 2. The number of nitrogens with zero attached hydrogens (tertiary/aromatic N) is 4. The van der Waals surface area contributed by atoms with Crippen molar-refractivity contribution >= 4 is 23.5 Å². The summed E-state index contributed by atoms with van der Waals surface area (Å²) in [6.45, 7) is -0.935. The van der Waals surface area contributed by atoms with Gasteiger partial charge in [-0.05, 0) is 23.3 Å². The summed E-state index contributed by atoms with van der Waals surface area (Å²) in [5.41, 5.74) is 1.54. The van der Waals surface area contributed by atoms with Gasteiger partial charge in [0.2, 0.25) is 0 Å². The minimum Gasteiger partial charge on any atom is -0.382 e. The summed E-state index contributed by atoms with van der Waals surface area (Å²) in [6.07, 6.45) is -6.09. The molecule has 0 aliphatic rings. The second-order valence-electron chi connectivity index (χ2n) is 7.34. The van der Waals surface area contributed by atoms with Gasteiger partial charge < -0.3 is 15.7 Å². The van der Waals surface area contributed by atoms with Crippen LogP contribution in [0.15, 0.2) is 53.7 Å². The highest BCUT2D eigenvalue weighted by Crippen LogP contribution is 2.37. The van der Waals surface area contributed by atoms with E-state index < -0.39 is 18.8 Å². The molecule has 0 bridgehead atoms. The molecule has 0 aliphatic carbocycles. The molecule has 3 rings (SSSR count). The lowest BCUT2D eigenvalue weighted by atomic mass is 9.97. The number of rotatable bonds is 8. The van der Waals surface area contributed by atoms with E-state index in [1.807, 2.05) is 6.07 Å². The van der Waals surface area contributed by atoms with Crippen LogP contribution in [0.25, 0.3) is 11.1 Å². The average Bonchev–Trinajstić information content (AvgIpc) is 2.89. The van der Waals surface area contributed by atoms with Gasteiger partial charge in [0.05, 0.1) is 12.1 Å². The number of anilines is 1. The fourth-order valence-corrected chi connectivity index (χ4v) is 4.11. The number of aliphatic hydroxyl groups excluding tert-OH is 1. The van der Waals surface area contributed by atoms with Crippen LogP contribution in [0, 0.1) is 22.7 Å². The Kier molecular flexibility index (Phi) is 8.48. The Morgan fingerprint density at radius 3 is 2.47 bits per heavy atom. The summed E-state index contributed by atoms with van der Waals surface area (Å²) in [6, 6.07) is 15.7. The summed E-state index contributed by atoms with van der Waals surface area (Å²) >= 11 is 1.11. The van der Waals surface area contributed by atoms with Gasteiger partial charge in [0, 0.05) is 24.6 Å². The zero-order chi connectivity index (χ0) is 26.3. The van der Waals surface area contributed by atoms with E-state index in [4.69, 9.17) is 0 Å². The summed E-state index contributed by atoms with van der Waals surface area (Å²) in [5, 5.41) is 34.3. The van der Waals surface area contributed by atoms with Crippen molar-refractivity contribution in [3.8, 4) is 23.3 Å². The molecule has 0 aliphatic heterocycles. The van der Waals surface area contributed by atoms with E-state index >= 15 is 0 Å². The highest BCUT2D eigenvalue weighted by atomic mass is 32.2. The molecule has 1 unspecified atom stereocenters. The first-order chi connectivity index (χ1) is 17.2. The van der Waals surface area contributed by atoms with Gasteiger partial charge in [-0.3, -0.25) is 9.78 Å². The van der Waals surface area contributed by atoms with Gasteiger partial charge in [0.1, 0.15) is 34.2 Å². The van der Waals surface area contributed by atoms with E-state index in [1.54, 1.807) is 42.5 Å². The molecule has 3 N–H and O–H groups in total. The fourth-order valence-electron chi connectivity index (χ4n) is 3.18. The molecule has 0 spiro atoms. The summed E-state index contributed by atoms with van der Waals surface area (Å²) in [5.74, 6) is -0.321. The molecular formula is C24H19F3N6O2S. The predicted octanol–water partition coefficient (Wildman–Crippen LogP) is 3.87. The van der Waals surface area contributed by atoms with Gasteiger partial charge >= 0.3 is 6.18 Å². The van der Waals surface area contributed by atoms with Crippen LogP contribution in [0.4, 0.5) is 19.0 Å². The number of nitriles is 2. The number of pyridine rings is 2. The van der Waals surface area contributed by atoms with E-state index in [0.29, 0.717) is 11.1 Å². The van der Waals surface area contributed by atoms with Crippen LogP contribution >= 0.6 is 11.8 Å². The van der Waals surface area contributed by atoms with Crippen molar-refractivity contribution in [1.29, 1.82) is 10.5 Å². The highest BCUT2D eigenvalue weighted by molar-refractivity contribution is 7.98. The number of hydrogen-bond acceptors (Lipinski definition) is 8. The largest absolute Gasteiger partial charge is 0.416 e. The number of aliphatic hydroxyl groups is 1. The first-order valence-electron chi connectivity index (χ1n) is 10.4. The van der Waals surface area contributed by atoms with Crippen LogP contribution in [0.2, 0.25) is 0 Å². The van der Waals surface area contributed by atoms with E-state index in [9.17, 15) is 33.6 Å². The monoisotopic (exact) mass is 512 g/mol. The third-order valence-electron chi connectivity index (χ3n) is 4.95. The topological polar surface area (TPSA) is 135 Å². The maximum absolute atomic E-state index is 12.8. The van der Waals surface area contributed by atoms with Crippen molar-refractivity contribution in [3.63, 3.8) is 0 Å². The number of halogens is 3. The lowest BCUT2D eigenvalue weighted by Crippen LogP contribution is -2.35. The van der Waals surface area contributed by atoms with Crippen LogP contribution in [-0.4, -0.2) is 46.9 Å². The minimum atomic E-state index is -4.87. The zero-order valence-electron chi connectivity index (χ0n) is 18.8. The first kappa shape index (κ1) is 26.5. The number of carbonyl (C=O) groups is 1. The quantitative estimate of drug-likeness (QED) is 0.387. The molecule has 184 valence electrons.